The van der Waals surface area contributed by atoms with E-state index in [0.717, 1.165) is 39.4 Å². The van der Waals surface area contributed by atoms with Crippen LogP contribution in [0.4, 0.5) is 42.6 Å². The van der Waals surface area contributed by atoms with Gasteiger partial charge in [-0.1, -0.05) is 53.0 Å². The maximum Gasteiger partial charge on any atom is 0.435 e. The molecule has 1 aliphatic rings. The van der Waals surface area contributed by atoms with E-state index in [0.29, 0.717) is 48.7 Å². The lowest BCUT2D eigenvalue weighted by atomic mass is 10.1. The highest BCUT2D eigenvalue weighted by molar-refractivity contribution is 7.93. The number of anilines is 6. The van der Waals surface area contributed by atoms with E-state index in [4.69, 9.17) is 20.9 Å². The highest BCUT2D eigenvalue weighted by atomic mass is 32.2. The van der Waals surface area contributed by atoms with Gasteiger partial charge in [0, 0.05) is 52.9 Å². The van der Waals surface area contributed by atoms with Gasteiger partial charge >= 0.3 is 12.2 Å². The molecular weight excluding hydrogens is 979 g/mol. The molecule has 0 atom stereocenters. The van der Waals surface area contributed by atoms with Crippen molar-refractivity contribution in [3.05, 3.63) is 102 Å². The highest BCUT2D eigenvalue weighted by Crippen LogP contribution is 2.37. The molecule has 25 heteroatoms. The van der Waals surface area contributed by atoms with Crippen molar-refractivity contribution in [2.75, 3.05) is 44.3 Å². The molecule has 0 saturated carbocycles. The zero-order chi connectivity index (χ0) is 50.4. The van der Waals surface area contributed by atoms with Gasteiger partial charge in [0.2, 0.25) is 30.3 Å². The topological polar surface area (TPSA) is 294 Å². The Morgan fingerprint density at radius 1 is 0.729 bits per heavy atom. The maximum atomic E-state index is 13.4. The normalized spacial score (nSPS) is 12.5. The third kappa shape index (κ3) is 13.4. The SMILES string of the molecule is CC(C)(C)OC(=O)N(c1ccc2c(cnn2C(=O)OC(C)(C)C)c1)c1nnc(-c2cccc(NS(=O)(=O)CCN)c2)s1.NCCS(=O)(=O)Nc1cccc(-c2nnc(Nc3ccc4c(c3)C=NC4)s2)c1. The number of amides is 1. The van der Waals surface area contributed by atoms with Gasteiger partial charge in [0.25, 0.3) is 0 Å². The third-order valence-electron chi connectivity index (χ3n) is 9.41. The van der Waals surface area contributed by atoms with E-state index < -0.39 is 43.4 Å². The van der Waals surface area contributed by atoms with Crippen LogP contribution in [0, 0.1) is 0 Å². The molecule has 0 radical (unpaired) electrons. The van der Waals surface area contributed by atoms with Gasteiger partial charge in [-0.25, -0.2) is 31.3 Å². The Labute approximate surface area is 412 Å². The number of nitrogens with zero attached hydrogens (tertiary/aromatic N) is 8. The van der Waals surface area contributed by atoms with Crippen LogP contribution >= 0.6 is 22.7 Å². The molecule has 0 aliphatic carbocycles. The lowest BCUT2D eigenvalue weighted by Gasteiger charge is -2.25. The van der Waals surface area contributed by atoms with Crippen molar-refractivity contribution in [3.8, 4) is 21.1 Å². The monoisotopic (exact) mass is 1030 g/mol. The van der Waals surface area contributed by atoms with Crippen molar-refractivity contribution in [1.82, 2.24) is 30.2 Å². The Morgan fingerprint density at radius 2 is 1.34 bits per heavy atom. The summed E-state index contributed by atoms with van der Waals surface area (Å²) in [4.78, 5) is 31.6. The first-order valence-corrected chi connectivity index (χ1v) is 26.4. The summed E-state index contributed by atoms with van der Waals surface area (Å²) in [7, 11) is -7.06. The Kier molecular flexibility index (Phi) is 15.3. The molecule has 3 aromatic heterocycles. The number of nitrogens with one attached hydrogen (secondary N) is 3. The van der Waals surface area contributed by atoms with Crippen molar-refractivity contribution in [2.45, 2.75) is 59.3 Å². The highest BCUT2D eigenvalue weighted by Gasteiger charge is 2.29. The first-order chi connectivity index (χ1) is 33.1. The van der Waals surface area contributed by atoms with E-state index in [2.05, 4.69) is 45.2 Å². The number of aliphatic imine (C=N–C) groups is 1. The smallest absolute Gasteiger partial charge is 0.435 e. The second kappa shape index (κ2) is 21.0. The first-order valence-electron chi connectivity index (χ1n) is 21.5. The van der Waals surface area contributed by atoms with Crippen LogP contribution in [-0.2, 0) is 36.1 Å². The van der Waals surface area contributed by atoms with Gasteiger partial charge in [0.05, 0.1) is 35.5 Å². The molecule has 7 N–H and O–H groups in total. The maximum absolute atomic E-state index is 13.4. The Hall–Kier alpha value is -6.90. The zero-order valence-electron chi connectivity index (χ0n) is 38.9. The number of nitrogens with two attached hydrogens (primary N) is 2. The number of benzene rings is 4. The second-order valence-corrected chi connectivity index (χ2v) is 23.1. The zero-order valence-corrected chi connectivity index (χ0v) is 42.2. The molecule has 4 aromatic carbocycles. The van der Waals surface area contributed by atoms with E-state index in [1.165, 1.54) is 28.0 Å². The van der Waals surface area contributed by atoms with Crippen LogP contribution in [0.25, 0.3) is 32.0 Å². The number of rotatable bonds is 14. The Bertz CT molecular complexity index is 3290. The number of carbonyl (C=O) groups is 2. The van der Waals surface area contributed by atoms with E-state index >= 15 is 0 Å². The molecule has 8 rings (SSSR count). The van der Waals surface area contributed by atoms with Crippen LogP contribution in [0.2, 0.25) is 0 Å². The molecule has 0 saturated heterocycles. The van der Waals surface area contributed by atoms with Gasteiger partial charge in [-0.15, -0.1) is 20.4 Å². The van der Waals surface area contributed by atoms with Crippen LogP contribution in [0.1, 0.15) is 52.7 Å². The van der Waals surface area contributed by atoms with Crippen molar-refractivity contribution in [2.24, 2.45) is 16.5 Å². The summed E-state index contributed by atoms with van der Waals surface area (Å²) in [5.74, 6) is -0.346. The second-order valence-electron chi connectivity index (χ2n) is 17.5. The number of fused-ring (bicyclic) bond motifs is 2. The van der Waals surface area contributed by atoms with Gasteiger partial charge in [-0.2, -0.15) is 9.78 Å². The lowest BCUT2D eigenvalue weighted by Crippen LogP contribution is -2.33. The van der Waals surface area contributed by atoms with Crippen molar-refractivity contribution in [3.63, 3.8) is 0 Å². The van der Waals surface area contributed by atoms with Crippen LogP contribution in [0.5, 0.6) is 0 Å². The average Bonchev–Trinajstić information content (AvgIpc) is 4.10. The van der Waals surface area contributed by atoms with Crippen molar-refractivity contribution < 1.29 is 35.9 Å². The molecule has 1 aliphatic heterocycles. The molecule has 0 spiro atoms. The molecule has 0 fully saturated rings. The fraction of sp³-hybridized carbons (Fsp3) is 0.289. The van der Waals surface area contributed by atoms with Gasteiger partial charge in [-0.3, -0.25) is 14.4 Å². The molecule has 0 bridgehead atoms. The van der Waals surface area contributed by atoms with Crippen LogP contribution < -0.4 is 31.1 Å². The molecule has 0 unspecified atom stereocenters. The van der Waals surface area contributed by atoms with Crippen LogP contribution in [0.3, 0.4) is 0 Å². The van der Waals surface area contributed by atoms with Crippen LogP contribution in [-0.4, -0.2) is 101 Å². The van der Waals surface area contributed by atoms with Crippen LogP contribution in [0.15, 0.2) is 96.1 Å². The average molecular weight is 1030 g/mol. The first kappa shape index (κ1) is 51.0. The third-order valence-corrected chi connectivity index (χ3v) is 13.9. The summed E-state index contributed by atoms with van der Waals surface area (Å²) in [6, 6.07) is 24.7. The number of carbonyl (C=O) groups excluding carboxylic acids is 2. The predicted octanol–water partition coefficient (Wildman–Crippen LogP) is 7.69. The molecule has 1 amide bonds. The molecule has 21 nitrogen and oxygen atoms in total. The van der Waals surface area contributed by atoms with Gasteiger partial charge in [0.15, 0.2) is 0 Å². The fourth-order valence-corrected chi connectivity index (χ4v) is 9.94. The summed E-state index contributed by atoms with van der Waals surface area (Å²) < 4.78 is 65.4. The van der Waals surface area contributed by atoms with E-state index in [-0.39, 0.29) is 29.7 Å². The van der Waals surface area contributed by atoms with Gasteiger partial charge in [0.1, 0.15) is 21.2 Å². The number of hydrogen-bond donors (Lipinski definition) is 5. The molecule has 70 heavy (non-hydrogen) atoms. The largest absolute Gasteiger partial charge is 0.443 e. The standard InChI is InChI=1S/C27H33N7O6S2.C18H18N6O2S2/c1-26(2,3)39-24(35)33(20-10-11-21-18(15-20)16-29-34(21)25(36)40-27(4,5)6)23-31-30-22(41-23)17-8-7-9-19(14-17)32-42(37,38)13-12-28;19-6-7-28(25,26)24-16-3-1-2-12(8-16)17-22-23-18(27-17)21-15-5-4-13-10-20-11-14(13)9-15/h7-11,14-16,32H,12-13,28H2,1-6H3;1-5,8-9,11,24H,6-7,10,19H2,(H,21,23). The number of hydrogen-bond acceptors (Lipinski definition) is 19. The number of aromatic nitrogens is 6. The molecular formula is C45H51N13O8S4. The van der Waals surface area contributed by atoms with Gasteiger partial charge in [-0.05, 0) is 107 Å². The van der Waals surface area contributed by atoms with Crippen molar-refractivity contribution >= 4 is 105 Å². The minimum atomic E-state index is -3.60. The minimum absolute atomic E-state index is 0.0110. The summed E-state index contributed by atoms with van der Waals surface area (Å²) in [6.07, 6.45) is 2.05. The Morgan fingerprint density at radius 3 is 1.96 bits per heavy atom. The summed E-state index contributed by atoms with van der Waals surface area (Å²) in [6.45, 7) is 11.3. The minimum Gasteiger partial charge on any atom is -0.443 e. The summed E-state index contributed by atoms with van der Waals surface area (Å²) in [5, 5.41) is 26.9. The summed E-state index contributed by atoms with van der Waals surface area (Å²) in [5.41, 5.74) is 15.5. The lowest BCUT2D eigenvalue weighted by molar-refractivity contribution is 0.0521. The molecule has 368 valence electrons. The molecule has 4 heterocycles. The quantitative estimate of drug-likeness (QED) is 0.0697. The number of sulfonamides is 2. The van der Waals surface area contributed by atoms with Gasteiger partial charge < -0.3 is 26.3 Å². The van der Waals surface area contributed by atoms with Crippen molar-refractivity contribution in [1.29, 1.82) is 0 Å². The predicted molar refractivity (Wildman–Crippen MR) is 274 cm³/mol. The van der Waals surface area contributed by atoms with E-state index in [9.17, 15) is 26.4 Å². The Balaban J connectivity index is 0.000000223. The summed E-state index contributed by atoms with van der Waals surface area (Å²) >= 11 is 2.50. The van der Waals surface area contributed by atoms with E-state index in [1.54, 1.807) is 102 Å². The number of ether oxygens (including phenoxy) is 2. The van der Waals surface area contributed by atoms with E-state index in [1.807, 2.05) is 30.5 Å². The molecule has 7 aromatic rings. The fourth-order valence-electron chi connectivity index (χ4n) is 6.53.